The predicted molar refractivity (Wildman–Crippen MR) is 28.9 cm³/mol. The minimum absolute atomic E-state index is 0.725. The molecule has 0 heterocycles. The summed E-state index contributed by atoms with van der Waals surface area (Å²) in [6.07, 6.45) is 0. The molecule has 1 nitrogen and oxygen atoms in total. The van der Waals surface area contributed by atoms with E-state index in [1.165, 1.54) is 0 Å². The first kappa shape index (κ1) is 5.66. The Morgan fingerprint density at radius 3 is 2.40 bits per heavy atom. The minimum Gasteiger partial charge on any atom is -0.330 e. The quantitative estimate of drug-likeness (QED) is 0.410. The Morgan fingerprint density at radius 1 is 1.80 bits per heavy atom. The van der Waals surface area contributed by atoms with Gasteiger partial charge in [-0.15, -0.1) is 0 Å². The van der Waals surface area contributed by atoms with Gasteiger partial charge in [-0.1, -0.05) is 0 Å². The second-order valence-electron chi connectivity index (χ2n) is 0.557. The van der Waals surface area contributed by atoms with Crippen LogP contribution >= 0.6 is 24.7 Å². The third-order valence-electron chi connectivity index (χ3n) is 0.183. The van der Waals surface area contributed by atoms with Gasteiger partial charge in [-0.25, -0.2) is 0 Å². The highest BCUT2D eigenvalue weighted by atomic mass is 32.2. The van der Waals surface area contributed by atoms with Gasteiger partial charge in [-0.3, -0.25) is 0 Å². The Morgan fingerprint density at radius 2 is 2.40 bits per heavy atom. The summed E-state index contributed by atoms with van der Waals surface area (Å²) >= 11 is 4.65. The molecule has 0 aromatic rings. The summed E-state index contributed by atoms with van der Waals surface area (Å²) in [6, 6.07) is 0. The van der Waals surface area contributed by atoms with Gasteiger partial charge in [-0.2, -0.15) is 12.6 Å². The maximum Gasteiger partial charge on any atom is 0.0283 e. The fourth-order valence-corrected chi connectivity index (χ4v) is 0.367. The van der Waals surface area contributed by atoms with Gasteiger partial charge in [0.05, 0.1) is 0 Å². The van der Waals surface area contributed by atoms with Crippen LogP contribution in [-0.2, 0) is 0 Å². The molecule has 0 amide bonds. The van der Waals surface area contributed by atoms with E-state index < -0.39 is 0 Å². The zero-order valence-electron chi connectivity index (χ0n) is 2.72. The van der Waals surface area contributed by atoms with Crippen molar-refractivity contribution in [1.29, 1.82) is 0 Å². The van der Waals surface area contributed by atoms with Crippen LogP contribution in [0, 0.1) is 0 Å². The highest BCUT2D eigenvalue weighted by Crippen LogP contribution is 1.88. The summed E-state index contributed by atoms with van der Waals surface area (Å²) in [6.45, 7) is 0. The van der Waals surface area contributed by atoms with Crippen LogP contribution in [0.3, 0.4) is 0 Å². The molecule has 32 valence electrons. The topological polar surface area (TPSA) is 20.2 Å². The molecule has 0 bridgehead atoms. The lowest BCUT2D eigenvalue weighted by molar-refractivity contribution is 0.665. The molecule has 0 aromatic heterocycles. The van der Waals surface area contributed by atoms with Crippen molar-refractivity contribution >= 4 is 24.7 Å². The molecular weight excluding hydrogens is 104 g/mol. The molecule has 0 spiro atoms. The van der Waals surface area contributed by atoms with Gasteiger partial charge in [0, 0.05) is 11.5 Å². The molecule has 0 aliphatic heterocycles. The van der Waals surface area contributed by atoms with Gasteiger partial charge in [0.2, 0.25) is 0 Å². The van der Waals surface area contributed by atoms with Crippen molar-refractivity contribution < 1.29 is 4.55 Å². The molecule has 0 saturated carbocycles. The lowest BCUT2D eigenvalue weighted by atomic mass is 11.0. The lowest BCUT2D eigenvalue weighted by Crippen LogP contribution is -1.72. The zero-order valence-corrected chi connectivity index (χ0v) is 4.43. The summed E-state index contributed by atoms with van der Waals surface area (Å²) in [7, 11) is 0. The molecule has 0 atom stereocenters. The largest absolute Gasteiger partial charge is 0.330 e. The van der Waals surface area contributed by atoms with Gasteiger partial charge in [-0.05, 0) is 12.0 Å². The third-order valence-corrected chi connectivity index (χ3v) is 1.10. The highest BCUT2D eigenvalue weighted by molar-refractivity contribution is 7.94. The highest BCUT2D eigenvalue weighted by Gasteiger charge is 1.70. The van der Waals surface area contributed by atoms with E-state index in [-0.39, 0.29) is 0 Å². The summed E-state index contributed by atoms with van der Waals surface area (Å²) in [5.74, 6) is 1.48. The summed E-state index contributed by atoms with van der Waals surface area (Å²) in [4.78, 5) is 0. The standard InChI is InChI=1S/C2H6OS2/c3-5-2-1-4/h3-4H,1-2H2. The van der Waals surface area contributed by atoms with Crippen molar-refractivity contribution in [2.45, 2.75) is 0 Å². The maximum absolute atomic E-state index is 7.93. The molecule has 0 aliphatic carbocycles. The van der Waals surface area contributed by atoms with Gasteiger partial charge in [0.15, 0.2) is 0 Å². The van der Waals surface area contributed by atoms with Crippen molar-refractivity contribution in [2.24, 2.45) is 0 Å². The van der Waals surface area contributed by atoms with Crippen molar-refractivity contribution in [2.75, 3.05) is 11.5 Å². The summed E-state index contributed by atoms with van der Waals surface area (Å²) < 4.78 is 7.93. The van der Waals surface area contributed by atoms with E-state index in [1.807, 2.05) is 0 Å². The number of thiol groups is 1. The van der Waals surface area contributed by atoms with Crippen LogP contribution in [-0.4, -0.2) is 16.1 Å². The lowest BCUT2D eigenvalue weighted by Gasteiger charge is -1.77. The van der Waals surface area contributed by atoms with E-state index in [1.54, 1.807) is 0 Å². The second-order valence-corrected chi connectivity index (χ2v) is 1.67. The Labute approximate surface area is 41.4 Å². The number of hydrogen-bond acceptors (Lipinski definition) is 3. The van der Waals surface area contributed by atoms with Crippen molar-refractivity contribution in [3.63, 3.8) is 0 Å². The second kappa shape index (κ2) is 4.66. The molecule has 1 N–H and O–H groups in total. The average molecular weight is 110 g/mol. The smallest absolute Gasteiger partial charge is 0.0283 e. The van der Waals surface area contributed by atoms with Crippen LogP contribution in [0.25, 0.3) is 0 Å². The van der Waals surface area contributed by atoms with Gasteiger partial charge in [0.1, 0.15) is 0 Å². The molecule has 0 rings (SSSR count). The molecule has 0 saturated heterocycles. The predicted octanol–water partition coefficient (Wildman–Crippen LogP) is 1.12. The molecule has 3 heteroatoms. The molecular formula is C2H6OS2. The van der Waals surface area contributed by atoms with E-state index in [4.69, 9.17) is 4.55 Å². The first-order valence-electron chi connectivity index (χ1n) is 1.29. The van der Waals surface area contributed by atoms with E-state index in [0.29, 0.717) is 0 Å². The van der Waals surface area contributed by atoms with Crippen molar-refractivity contribution in [3.8, 4) is 0 Å². The Balaban J connectivity index is 2.19. The maximum atomic E-state index is 7.93. The first-order valence-corrected chi connectivity index (χ1v) is 2.86. The summed E-state index contributed by atoms with van der Waals surface area (Å²) in [5, 5.41) is 0. The Bertz CT molecular complexity index is 15.1. The van der Waals surface area contributed by atoms with Crippen LogP contribution in [0.4, 0.5) is 0 Å². The van der Waals surface area contributed by atoms with Crippen LogP contribution in [0.5, 0.6) is 0 Å². The van der Waals surface area contributed by atoms with Gasteiger partial charge >= 0.3 is 0 Å². The van der Waals surface area contributed by atoms with Gasteiger partial charge in [0.25, 0.3) is 0 Å². The van der Waals surface area contributed by atoms with E-state index in [2.05, 4.69) is 12.6 Å². The summed E-state index contributed by atoms with van der Waals surface area (Å²) in [5.41, 5.74) is 0. The van der Waals surface area contributed by atoms with E-state index in [9.17, 15) is 0 Å². The van der Waals surface area contributed by atoms with Crippen LogP contribution in [0.2, 0.25) is 0 Å². The van der Waals surface area contributed by atoms with Crippen molar-refractivity contribution in [1.82, 2.24) is 0 Å². The normalized spacial score (nSPS) is 8.40. The Kier molecular flexibility index (Phi) is 5.28. The van der Waals surface area contributed by atoms with Crippen LogP contribution in [0.15, 0.2) is 0 Å². The monoisotopic (exact) mass is 110 g/mol. The fourth-order valence-electron chi connectivity index (χ4n) is 0.0408. The molecule has 0 aromatic carbocycles. The third kappa shape index (κ3) is 4.66. The molecule has 0 unspecified atom stereocenters. The molecule has 5 heavy (non-hydrogen) atoms. The fraction of sp³-hybridized carbons (Fsp3) is 1.00. The zero-order chi connectivity index (χ0) is 4.12. The van der Waals surface area contributed by atoms with E-state index in [0.717, 1.165) is 23.5 Å². The van der Waals surface area contributed by atoms with E-state index >= 15 is 0 Å². The average Bonchev–Trinajstić information content (AvgIpc) is 1.41. The SMILES string of the molecule is OSCCS. The van der Waals surface area contributed by atoms with Crippen molar-refractivity contribution in [3.05, 3.63) is 0 Å². The Hall–Kier alpha value is 0.660. The molecule has 0 fully saturated rings. The number of hydrogen-bond donors (Lipinski definition) is 2. The number of rotatable bonds is 2. The first-order chi connectivity index (χ1) is 2.41. The van der Waals surface area contributed by atoms with Crippen LogP contribution < -0.4 is 0 Å². The minimum atomic E-state index is 0.725. The molecule has 0 radical (unpaired) electrons. The molecule has 0 aliphatic rings. The van der Waals surface area contributed by atoms with Gasteiger partial charge < -0.3 is 4.55 Å². The van der Waals surface area contributed by atoms with Crippen LogP contribution in [0.1, 0.15) is 0 Å².